The van der Waals surface area contributed by atoms with E-state index in [0.29, 0.717) is 12.3 Å². The summed E-state index contributed by atoms with van der Waals surface area (Å²) >= 11 is 0. The van der Waals surface area contributed by atoms with Gasteiger partial charge in [-0.15, -0.1) is 0 Å². The third kappa shape index (κ3) is 5.50. The summed E-state index contributed by atoms with van der Waals surface area (Å²) in [7, 11) is 0. The molecule has 1 fully saturated rings. The molecule has 84 valence electrons. The summed E-state index contributed by atoms with van der Waals surface area (Å²) in [5, 5.41) is 0. The first kappa shape index (κ1) is 12.2. The SMILES string of the molecule is CC(=O)/C=C/C=C(/F)CC1CCCCC1. The van der Waals surface area contributed by atoms with Gasteiger partial charge in [0.1, 0.15) is 5.83 Å². The zero-order chi connectivity index (χ0) is 11.1. The number of hydrogen-bond donors (Lipinski definition) is 0. The van der Waals surface area contributed by atoms with Gasteiger partial charge in [0.05, 0.1) is 0 Å². The Hall–Kier alpha value is -0.920. The van der Waals surface area contributed by atoms with E-state index in [4.69, 9.17) is 0 Å². The predicted octanol–water partition coefficient (Wildman–Crippen LogP) is 3.96. The minimum atomic E-state index is -0.0978. The number of ketones is 1. The Morgan fingerprint density at radius 2 is 2.00 bits per heavy atom. The molecule has 0 radical (unpaired) electrons. The van der Waals surface area contributed by atoms with E-state index >= 15 is 0 Å². The van der Waals surface area contributed by atoms with Crippen molar-refractivity contribution in [2.75, 3.05) is 0 Å². The van der Waals surface area contributed by atoms with Crippen LogP contribution >= 0.6 is 0 Å². The Bertz CT molecular complexity index is 260. The van der Waals surface area contributed by atoms with E-state index in [1.165, 1.54) is 44.4 Å². The largest absolute Gasteiger partial charge is 0.295 e. The van der Waals surface area contributed by atoms with Crippen LogP contribution in [0, 0.1) is 5.92 Å². The molecule has 15 heavy (non-hydrogen) atoms. The molecule has 0 amide bonds. The summed E-state index contributed by atoms with van der Waals surface area (Å²) in [6.45, 7) is 1.46. The molecular formula is C13H19FO. The quantitative estimate of drug-likeness (QED) is 0.507. The molecule has 1 rings (SSSR count). The van der Waals surface area contributed by atoms with Crippen molar-refractivity contribution in [2.24, 2.45) is 5.92 Å². The molecule has 0 aromatic carbocycles. The van der Waals surface area contributed by atoms with Gasteiger partial charge in [-0.2, -0.15) is 0 Å². The first-order valence-electron chi connectivity index (χ1n) is 5.72. The molecule has 1 saturated carbocycles. The summed E-state index contributed by atoms with van der Waals surface area (Å²) in [4.78, 5) is 10.6. The molecule has 1 aliphatic carbocycles. The van der Waals surface area contributed by atoms with Gasteiger partial charge >= 0.3 is 0 Å². The highest BCUT2D eigenvalue weighted by molar-refractivity contribution is 5.87. The Balaban J connectivity index is 2.33. The van der Waals surface area contributed by atoms with Crippen molar-refractivity contribution in [3.05, 3.63) is 24.1 Å². The van der Waals surface area contributed by atoms with Crippen molar-refractivity contribution < 1.29 is 9.18 Å². The minimum Gasteiger partial charge on any atom is -0.295 e. The van der Waals surface area contributed by atoms with Crippen LogP contribution in [0.15, 0.2) is 24.1 Å². The smallest absolute Gasteiger partial charge is 0.152 e. The molecule has 0 saturated heterocycles. The molecule has 1 nitrogen and oxygen atoms in total. The second-order valence-electron chi connectivity index (χ2n) is 4.29. The Morgan fingerprint density at radius 1 is 1.33 bits per heavy atom. The maximum Gasteiger partial charge on any atom is 0.152 e. The van der Waals surface area contributed by atoms with Crippen LogP contribution in [0.5, 0.6) is 0 Å². The lowest BCUT2D eigenvalue weighted by Crippen LogP contribution is -2.05. The minimum absolute atomic E-state index is 0.0447. The number of carbonyl (C=O) groups excluding carboxylic acids is 1. The van der Waals surface area contributed by atoms with Gasteiger partial charge in [0.25, 0.3) is 0 Å². The Morgan fingerprint density at radius 3 is 2.60 bits per heavy atom. The van der Waals surface area contributed by atoms with E-state index in [0.717, 1.165) is 12.8 Å². The Kier molecular flexibility index (Phi) is 5.30. The third-order valence-corrected chi connectivity index (χ3v) is 2.82. The first-order chi connectivity index (χ1) is 7.18. The van der Waals surface area contributed by atoms with Gasteiger partial charge in [-0.05, 0) is 25.0 Å². The van der Waals surface area contributed by atoms with Gasteiger partial charge in [0.2, 0.25) is 0 Å². The number of halogens is 1. The number of hydrogen-bond acceptors (Lipinski definition) is 1. The molecule has 0 spiro atoms. The number of allylic oxidation sites excluding steroid dienone is 4. The average molecular weight is 210 g/mol. The van der Waals surface area contributed by atoms with Gasteiger partial charge in [0, 0.05) is 6.42 Å². The molecule has 0 atom stereocenters. The second kappa shape index (κ2) is 6.54. The molecule has 0 unspecified atom stereocenters. The van der Waals surface area contributed by atoms with Gasteiger partial charge in [-0.25, -0.2) is 4.39 Å². The monoisotopic (exact) mass is 210 g/mol. The number of rotatable bonds is 4. The van der Waals surface area contributed by atoms with Crippen molar-refractivity contribution in [2.45, 2.75) is 45.4 Å². The van der Waals surface area contributed by atoms with E-state index in [1.54, 1.807) is 0 Å². The van der Waals surface area contributed by atoms with E-state index < -0.39 is 0 Å². The molecule has 0 N–H and O–H groups in total. The molecule has 2 heteroatoms. The molecule has 0 aliphatic heterocycles. The standard InChI is InChI=1S/C13H19FO/c1-11(15)6-5-9-13(14)10-12-7-3-2-4-8-12/h5-6,9,12H,2-4,7-8,10H2,1H3/b6-5+,13-9+. The maximum atomic E-state index is 13.3. The van der Waals surface area contributed by atoms with Crippen LogP contribution in [0.1, 0.15) is 45.4 Å². The fraction of sp³-hybridized carbons (Fsp3) is 0.615. The first-order valence-corrected chi connectivity index (χ1v) is 5.72. The van der Waals surface area contributed by atoms with E-state index in [2.05, 4.69) is 0 Å². The van der Waals surface area contributed by atoms with Crippen molar-refractivity contribution in [3.63, 3.8) is 0 Å². The van der Waals surface area contributed by atoms with Crippen LogP contribution in [0.3, 0.4) is 0 Å². The van der Waals surface area contributed by atoms with Gasteiger partial charge in [-0.1, -0.05) is 38.2 Å². The van der Waals surface area contributed by atoms with Crippen LogP contribution in [0.2, 0.25) is 0 Å². The zero-order valence-electron chi connectivity index (χ0n) is 9.34. The van der Waals surface area contributed by atoms with Crippen molar-refractivity contribution in [1.29, 1.82) is 0 Å². The summed E-state index contributed by atoms with van der Waals surface area (Å²) in [5.41, 5.74) is 0. The molecule has 0 bridgehead atoms. The summed E-state index contributed by atoms with van der Waals surface area (Å²) in [6.07, 6.45) is 10.9. The third-order valence-electron chi connectivity index (χ3n) is 2.82. The lowest BCUT2D eigenvalue weighted by molar-refractivity contribution is -0.112. The fourth-order valence-corrected chi connectivity index (χ4v) is 2.02. The molecule has 0 aromatic heterocycles. The van der Waals surface area contributed by atoms with Gasteiger partial charge in [0.15, 0.2) is 5.78 Å². The highest BCUT2D eigenvalue weighted by atomic mass is 19.1. The summed E-state index contributed by atoms with van der Waals surface area (Å²) in [6, 6.07) is 0. The summed E-state index contributed by atoms with van der Waals surface area (Å²) in [5.74, 6) is 0.372. The summed E-state index contributed by atoms with van der Waals surface area (Å²) < 4.78 is 13.3. The topological polar surface area (TPSA) is 17.1 Å². The van der Waals surface area contributed by atoms with Crippen LogP contribution in [0.25, 0.3) is 0 Å². The second-order valence-corrected chi connectivity index (χ2v) is 4.29. The molecule has 0 heterocycles. The van der Waals surface area contributed by atoms with Crippen LogP contribution < -0.4 is 0 Å². The Labute approximate surface area is 91.1 Å². The molecule has 1 aliphatic rings. The average Bonchev–Trinajstić information content (AvgIpc) is 2.18. The lowest BCUT2D eigenvalue weighted by atomic mass is 9.86. The van der Waals surface area contributed by atoms with Gasteiger partial charge < -0.3 is 0 Å². The number of carbonyl (C=O) groups is 1. The normalized spacial score (nSPS) is 19.7. The van der Waals surface area contributed by atoms with E-state index in [1.807, 2.05) is 0 Å². The highest BCUT2D eigenvalue weighted by Crippen LogP contribution is 2.29. The highest BCUT2D eigenvalue weighted by Gasteiger charge is 2.14. The van der Waals surface area contributed by atoms with E-state index in [9.17, 15) is 9.18 Å². The van der Waals surface area contributed by atoms with Crippen LogP contribution in [0.4, 0.5) is 4.39 Å². The maximum absolute atomic E-state index is 13.3. The molecular weight excluding hydrogens is 191 g/mol. The van der Waals surface area contributed by atoms with Crippen LogP contribution in [-0.4, -0.2) is 5.78 Å². The van der Waals surface area contributed by atoms with Crippen molar-refractivity contribution in [3.8, 4) is 0 Å². The van der Waals surface area contributed by atoms with Gasteiger partial charge in [-0.3, -0.25) is 4.79 Å². The van der Waals surface area contributed by atoms with Crippen molar-refractivity contribution in [1.82, 2.24) is 0 Å². The van der Waals surface area contributed by atoms with Crippen LogP contribution in [-0.2, 0) is 4.79 Å². The lowest BCUT2D eigenvalue weighted by Gasteiger charge is -2.20. The molecule has 0 aromatic rings. The van der Waals surface area contributed by atoms with E-state index in [-0.39, 0.29) is 11.6 Å². The van der Waals surface area contributed by atoms with Crippen molar-refractivity contribution >= 4 is 5.78 Å². The fourth-order valence-electron chi connectivity index (χ4n) is 2.02. The zero-order valence-corrected chi connectivity index (χ0v) is 9.34. The predicted molar refractivity (Wildman–Crippen MR) is 60.2 cm³/mol.